The van der Waals surface area contributed by atoms with E-state index in [0.717, 1.165) is 41.3 Å². The number of aromatic nitrogens is 1. The Morgan fingerprint density at radius 2 is 2.00 bits per heavy atom. The summed E-state index contributed by atoms with van der Waals surface area (Å²) in [6.45, 7) is 2.10. The van der Waals surface area contributed by atoms with Crippen molar-refractivity contribution in [3.05, 3.63) is 47.7 Å². The first-order chi connectivity index (χ1) is 11.8. The Balaban J connectivity index is 1.93. The quantitative estimate of drug-likeness (QED) is 0.541. The van der Waals surface area contributed by atoms with Gasteiger partial charge in [-0.25, -0.2) is 4.79 Å². The molecule has 0 atom stereocenters. The molecule has 0 unspecified atom stereocenters. The van der Waals surface area contributed by atoms with Gasteiger partial charge in [0.1, 0.15) is 5.75 Å². The number of ether oxygens (including phenoxy) is 2. The largest absolute Gasteiger partial charge is 0.481 e. The van der Waals surface area contributed by atoms with E-state index in [-0.39, 0.29) is 12.6 Å². The highest BCUT2D eigenvalue weighted by Gasteiger charge is 2.22. The Kier molecular flexibility index (Phi) is 3.81. The fourth-order valence-electron chi connectivity index (χ4n) is 3.61. The average molecular weight is 321 g/mol. The maximum atomic E-state index is 11.7. The minimum atomic E-state index is -0.337. The number of aryl methyl sites for hydroxylation is 2. The molecule has 1 heterocycles. The summed E-state index contributed by atoms with van der Waals surface area (Å²) in [5.41, 5.74) is 3.51. The molecule has 4 nitrogen and oxygen atoms in total. The molecule has 1 aliphatic carbocycles. The van der Waals surface area contributed by atoms with Crippen LogP contribution in [0.25, 0.3) is 21.7 Å². The number of esters is 1. The van der Waals surface area contributed by atoms with Gasteiger partial charge in [-0.2, -0.15) is 0 Å². The number of rotatable bonds is 4. The van der Waals surface area contributed by atoms with E-state index in [0.29, 0.717) is 6.61 Å². The topological polar surface area (TPSA) is 48.4 Å². The normalized spacial score (nSPS) is 13.2. The van der Waals surface area contributed by atoms with Gasteiger partial charge in [0, 0.05) is 27.9 Å². The van der Waals surface area contributed by atoms with Gasteiger partial charge in [-0.1, -0.05) is 24.3 Å². The Morgan fingerprint density at radius 1 is 1.17 bits per heavy atom. The molecule has 4 heteroatoms. The number of pyridine rings is 1. The van der Waals surface area contributed by atoms with Crippen molar-refractivity contribution in [2.75, 3.05) is 13.2 Å². The first-order valence-electron chi connectivity index (χ1n) is 8.39. The molecule has 1 aromatic heterocycles. The van der Waals surface area contributed by atoms with E-state index in [2.05, 4.69) is 17.1 Å². The second-order valence-corrected chi connectivity index (χ2v) is 5.99. The van der Waals surface area contributed by atoms with Crippen LogP contribution in [0.3, 0.4) is 0 Å². The van der Waals surface area contributed by atoms with E-state index < -0.39 is 0 Å². The third-order valence-corrected chi connectivity index (χ3v) is 4.55. The predicted octanol–water partition coefficient (Wildman–Crippen LogP) is 3.82. The van der Waals surface area contributed by atoms with Gasteiger partial charge in [-0.15, -0.1) is 0 Å². The number of nitrogens with zero attached hydrogens (tertiary/aromatic N) is 1. The standard InChI is InChI=1S/C20H19NO3/c1-2-23-17(22)12-24-20-15-8-4-3-7-14(15)19-18-13(10-11-21-19)6-5-9-16(18)20/h3-4,7-8,10-11H,2,5-6,9,12H2,1H3. The van der Waals surface area contributed by atoms with Crippen LogP contribution in [0.4, 0.5) is 0 Å². The van der Waals surface area contributed by atoms with Crippen LogP contribution in [0.5, 0.6) is 5.75 Å². The molecule has 4 rings (SSSR count). The molecule has 24 heavy (non-hydrogen) atoms. The van der Waals surface area contributed by atoms with Crippen LogP contribution in [0.1, 0.15) is 24.5 Å². The lowest BCUT2D eigenvalue weighted by Gasteiger charge is -2.22. The summed E-state index contributed by atoms with van der Waals surface area (Å²) in [6, 6.07) is 10.2. The molecule has 0 amide bonds. The van der Waals surface area contributed by atoms with Gasteiger partial charge >= 0.3 is 5.97 Å². The molecule has 0 radical (unpaired) electrons. The molecule has 0 fully saturated rings. The third kappa shape index (κ3) is 2.39. The van der Waals surface area contributed by atoms with Gasteiger partial charge in [0.15, 0.2) is 6.61 Å². The van der Waals surface area contributed by atoms with Crippen molar-refractivity contribution in [3.8, 4) is 5.75 Å². The van der Waals surface area contributed by atoms with Crippen LogP contribution in [-0.2, 0) is 22.4 Å². The number of benzene rings is 2. The number of fused-ring (bicyclic) bond motifs is 2. The Labute approximate surface area is 140 Å². The molecule has 0 aliphatic heterocycles. The smallest absolute Gasteiger partial charge is 0.344 e. The summed E-state index contributed by atoms with van der Waals surface area (Å²) < 4.78 is 10.9. The summed E-state index contributed by atoms with van der Waals surface area (Å²) >= 11 is 0. The molecule has 0 spiro atoms. The van der Waals surface area contributed by atoms with Gasteiger partial charge in [0.2, 0.25) is 0 Å². The Hall–Kier alpha value is -2.62. The molecule has 1 aliphatic rings. The van der Waals surface area contributed by atoms with Gasteiger partial charge in [-0.05, 0) is 37.8 Å². The zero-order chi connectivity index (χ0) is 16.5. The van der Waals surface area contributed by atoms with Crippen molar-refractivity contribution >= 4 is 27.6 Å². The Bertz CT molecular complexity index is 933. The fourth-order valence-corrected chi connectivity index (χ4v) is 3.61. The zero-order valence-corrected chi connectivity index (χ0v) is 13.7. The van der Waals surface area contributed by atoms with Crippen molar-refractivity contribution < 1.29 is 14.3 Å². The monoisotopic (exact) mass is 321 g/mol. The van der Waals surface area contributed by atoms with Gasteiger partial charge in [0.25, 0.3) is 0 Å². The summed E-state index contributed by atoms with van der Waals surface area (Å²) in [4.78, 5) is 16.4. The minimum absolute atomic E-state index is 0.0636. The van der Waals surface area contributed by atoms with Crippen molar-refractivity contribution in [1.29, 1.82) is 0 Å². The first-order valence-corrected chi connectivity index (χ1v) is 8.39. The molecular weight excluding hydrogens is 302 g/mol. The van der Waals surface area contributed by atoms with E-state index in [1.54, 1.807) is 6.92 Å². The lowest BCUT2D eigenvalue weighted by Crippen LogP contribution is -2.16. The lowest BCUT2D eigenvalue weighted by molar-refractivity contribution is -0.145. The molecule has 0 N–H and O–H groups in total. The number of hydrogen-bond acceptors (Lipinski definition) is 4. The van der Waals surface area contributed by atoms with Crippen molar-refractivity contribution in [2.24, 2.45) is 0 Å². The SMILES string of the molecule is CCOC(=O)COc1c2c3c(ccnc3c3ccccc13)CCC2. The highest BCUT2D eigenvalue weighted by Crippen LogP contribution is 2.41. The van der Waals surface area contributed by atoms with Gasteiger partial charge in [-0.3, -0.25) is 4.98 Å². The molecular formula is C20H19NO3. The van der Waals surface area contributed by atoms with Crippen LogP contribution in [0.2, 0.25) is 0 Å². The molecule has 122 valence electrons. The fraction of sp³-hybridized carbons (Fsp3) is 0.300. The second kappa shape index (κ2) is 6.11. The maximum Gasteiger partial charge on any atom is 0.344 e. The molecule has 0 bridgehead atoms. The first kappa shape index (κ1) is 14.9. The molecule has 0 saturated heterocycles. The maximum absolute atomic E-state index is 11.7. The van der Waals surface area contributed by atoms with E-state index in [1.807, 2.05) is 24.4 Å². The highest BCUT2D eigenvalue weighted by molar-refractivity contribution is 6.11. The average Bonchev–Trinajstić information content (AvgIpc) is 2.62. The number of carbonyl (C=O) groups is 1. The highest BCUT2D eigenvalue weighted by atomic mass is 16.6. The van der Waals surface area contributed by atoms with Gasteiger partial charge < -0.3 is 9.47 Å². The van der Waals surface area contributed by atoms with Gasteiger partial charge in [0.05, 0.1) is 12.1 Å². The van der Waals surface area contributed by atoms with E-state index in [4.69, 9.17) is 9.47 Å². The third-order valence-electron chi connectivity index (χ3n) is 4.55. The summed E-state index contributed by atoms with van der Waals surface area (Å²) in [7, 11) is 0. The Morgan fingerprint density at radius 3 is 2.83 bits per heavy atom. The number of hydrogen-bond donors (Lipinski definition) is 0. The van der Waals surface area contributed by atoms with E-state index in [9.17, 15) is 4.79 Å². The second-order valence-electron chi connectivity index (χ2n) is 5.99. The summed E-state index contributed by atoms with van der Waals surface area (Å²) in [5.74, 6) is 0.469. The molecule has 2 aromatic carbocycles. The summed E-state index contributed by atoms with van der Waals surface area (Å²) in [6.07, 6.45) is 4.97. The van der Waals surface area contributed by atoms with Crippen molar-refractivity contribution in [3.63, 3.8) is 0 Å². The summed E-state index contributed by atoms with van der Waals surface area (Å²) in [5, 5.41) is 3.27. The predicted molar refractivity (Wildman–Crippen MR) is 93.4 cm³/mol. The van der Waals surface area contributed by atoms with Crippen LogP contribution in [0.15, 0.2) is 36.5 Å². The number of carbonyl (C=O) groups excluding carboxylic acids is 1. The van der Waals surface area contributed by atoms with Crippen molar-refractivity contribution in [2.45, 2.75) is 26.2 Å². The van der Waals surface area contributed by atoms with Crippen LogP contribution in [0, 0.1) is 0 Å². The van der Waals surface area contributed by atoms with Crippen LogP contribution < -0.4 is 4.74 Å². The zero-order valence-electron chi connectivity index (χ0n) is 13.7. The van der Waals surface area contributed by atoms with Crippen LogP contribution >= 0.6 is 0 Å². The molecule has 3 aromatic rings. The van der Waals surface area contributed by atoms with Crippen molar-refractivity contribution in [1.82, 2.24) is 4.98 Å². The van der Waals surface area contributed by atoms with E-state index >= 15 is 0 Å². The van der Waals surface area contributed by atoms with Crippen LogP contribution in [-0.4, -0.2) is 24.2 Å². The minimum Gasteiger partial charge on any atom is -0.481 e. The lowest BCUT2D eigenvalue weighted by atomic mass is 9.87. The van der Waals surface area contributed by atoms with E-state index in [1.165, 1.54) is 16.5 Å². The molecule has 0 saturated carbocycles.